The van der Waals surface area contributed by atoms with Crippen molar-refractivity contribution in [3.05, 3.63) is 35.9 Å². The van der Waals surface area contributed by atoms with E-state index >= 15 is 0 Å². The number of urea groups is 1. The van der Waals surface area contributed by atoms with E-state index in [1.807, 2.05) is 23.1 Å². The molecule has 3 rings (SSSR count). The molecule has 1 heterocycles. The van der Waals surface area contributed by atoms with E-state index < -0.39 is 0 Å². The second-order valence-corrected chi connectivity index (χ2v) is 6.77. The van der Waals surface area contributed by atoms with E-state index in [9.17, 15) is 4.79 Å². The van der Waals surface area contributed by atoms with Gasteiger partial charge in [0.2, 0.25) is 0 Å². The third kappa shape index (κ3) is 4.91. The van der Waals surface area contributed by atoms with Crippen LogP contribution in [0.5, 0.6) is 5.75 Å². The maximum Gasteiger partial charge on any atom is 0.317 e. The van der Waals surface area contributed by atoms with Gasteiger partial charge in [-0.2, -0.15) is 0 Å². The topological polar surface area (TPSA) is 44.8 Å². The van der Waals surface area contributed by atoms with Crippen LogP contribution in [0.2, 0.25) is 0 Å². The lowest BCUT2D eigenvalue weighted by atomic mass is 9.97. The SMILES string of the molecule is COc1cccc(N2CCN(C(=O)NCCC3=CCCCC3)CC2)c1. The van der Waals surface area contributed by atoms with Gasteiger partial charge in [0.15, 0.2) is 0 Å². The van der Waals surface area contributed by atoms with Gasteiger partial charge < -0.3 is 19.9 Å². The molecule has 0 aromatic heterocycles. The summed E-state index contributed by atoms with van der Waals surface area (Å²) in [6.07, 6.45) is 8.36. The molecule has 0 atom stereocenters. The lowest BCUT2D eigenvalue weighted by Gasteiger charge is -2.36. The van der Waals surface area contributed by atoms with Crippen molar-refractivity contribution in [2.24, 2.45) is 0 Å². The molecule has 0 saturated carbocycles. The molecule has 0 spiro atoms. The predicted molar refractivity (Wildman–Crippen MR) is 101 cm³/mol. The Bertz CT molecular complexity index is 607. The van der Waals surface area contributed by atoms with E-state index in [0.29, 0.717) is 0 Å². The molecule has 0 unspecified atom stereocenters. The fraction of sp³-hybridized carbons (Fsp3) is 0.550. The van der Waals surface area contributed by atoms with Crippen molar-refractivity contribution >= 4 is 11.7 Å². The molecular weight excluding hydrogens is 314 g/mol. The highest BCUT2D eigenvalue weighted by atomic mass is 16.5. The first-order valence-electron chi connectivity index (χ1n) is 9.36. The van der Waals surface area contributed by atoms with Gasteiger partial charge in [0.05, 0.1) is 7.11 Å². The van der Waals surface area contributed by atoms with E-state index in [-0.39, 0.29) is 6.03 Å². The van der Waals surface area contributed by atoms with Crippen LogP contribution in [0.3, 0.4) is 0 Å². The van der Waals surface area contributed by atoms with Crippen molar-refractivity contribution in [1.82, 2.24) is 10.2 Å². The predicted octanol–water partition coefficient (Wildman–Crippen LogP) is 3.42. The highest BCUT2D eigenvalue weighted by molar-refractivity contribution is 5.74. The number of carbonyl (C=O) groups is 1. The van der Waals surface area contributed by atoms with E-state index in [2.05, 4.69) is 22.4 Å². The van der Waals surface area contributed by atoms with Crippen LogP contribution in [0.15, 0.2) is 35.9 Å². The molecule has 1 N–H and O–H groups in total. The number of allylic oxidation sites excluding steroid dienone is 1. The lowest BCUT2D eigenvalue weighted by molar-refractivity contribution is 0.194. The number of hydrogen-bond donors (Lipinski definition) is 1. The van der Waals surface area contributed by atoms with Crippen molar-refractivity contribution in [1.29, 1.82) is 0 Å². The number of methoxy groups -OCH3 is 1. The minimum absolute atomic E-state index is 0.0710. The number of benzene rings is 1. The number of nitrogens with zero attached hydrogens (tertiary/aromatic N) is 2. The summed E-state index contributed by atoms with van der Waals surface area (Å²) in [5.74, 6) is 0.870. The summed E-state index contributed by atoms with van der Waals surface area (Å²) in [6.45, 7) is 3.97. The van der Waals surface area contributed by atoms with Gasteiger partial charge in [-0.25, -0.2) is 4.79 Å². The molecule has 1 aliphatic heterocycles. The standard InChI is InChI=1S/C20H29N3O2/c1-25-19-9-5-8-18(16-19)22-12-14-23(15-13-22)20(24)21-11-10-17-6-3-2-4-7-17/h5-6,8-9,16H,2-4,7,10-15H2,1H3,(H,21,24). The van der Waals surface area contributed by atoms with Crippen LogP contribution in [0.4, 0.5) is 10.5 Å². The molecule has 1 aliphatic carbocycles. The van der Waals surface area contributed by atoms with Crippen molar-refractivity contribution in [3.8, 4) is 5.75 Å². The first kappa shape index (κ1) is 17.6. The molecule has 136 valence electrons. The second kappa shape index (κ2) is 8.79. The molecule has 1 saturated heterocycles. The monoisotopic (exact) mass is 343 g/mol. The van der Waals surface area contributed by atoms with E-state index in [1.54, 1.807) is 7.11 Å². The zero-order valence-corrected chi connectivity index (χ0v) is 15.2. The van der Waals surface area contributed by atoms with Crippen LogP contribution in [0.1, 0.15) is 32.1 Å². The smallest absolute Gasteiger partial charge is 0.317 e. The summed E-state index contributed by atoms with van der Waals surface area (Å²) >= 11 is 0. The summed E-state index contributed by atoms with van der Waals surface area (Å²) in [5, 5.41) is 3.08. The highest BCUT2D eigenvalue weighted by Crippen LogP contribution is 2.22. The maximum atomic E-state index is 12.3. The Morgan fingerprint density at radius 1 is 1.20 bits per heavy atom. The normalized spacial score (nSPS) is 17.9. The van der Waals surface area contributed by atoms with Crippen molar-refractivity contribution < 1.29 is 9.53 Å². The zero-order valence-electron chi connectivity index (χ0n) is 15.2. The number of piperazine rings is 1. The second-order valence-electron chi connectivity index (χ2n) is 6.77. The molecule has 1 aromatic rings. The molecular formula is C20H29N3O2. The summed E-state index contributed by atoms with van der Waals surface area (Å²) < 4.78 is 5.29. The van der Waals surface area contributed by atoms with Crippen molar-refractivity contribution in [3.63, 3.8) is 0 Å². The van der Waals surface area contributed by atoms with Gasteiger partial charge in [0.1, 0.15) is 5.75 Å². The largest absolute Gasteiger partial charge is 0.497 e. The number of hydrogen-bond acceptors (Lipinski definition) is 3. The summed E-state index contributed by atoms with van der Waals surface area (Å²) in [5.41, 5.74) is 2.66. The van der Waals surface area contributed by atoms with Crippen LogP contribution < -0.4 is 15.0 Å². The Kier molecular flexibility index (Phi) is 6.20. The third-order valence-electron chi connectivity index (χ3n) is 5.09. The third-order valence-corrected chi connectivity index (χ3v) is 5.09. The average molecular weight is 343 g/mol. The molecule has 2 aliphatic rings. The molecule has 1 fully saturated rings. The Morgan fingerprint density at radius 2 is 2.04 bits per heavy atom. The van der Waals surface area contributed by atoms with Crippen LogP contribution in [-0.4, -0.2) is 50.8 Å². The van der Waals surface area contributed by atoms with Crippen molar-refractivity contribution in [2.75, 3.05) is 44.7 Å². The average Bonchev–Trinajstić information content (AvgIpc) is 2.69. The maximum absolute atomic E-state index is 12.3. The van der Waals surface area contributed by atoms with Gasteiger partial charge in [0.25, 0.3) is 0 Å². The van der Waals surface area contributed by atoms with E-state index in [4.69, 9.17) is 4.74 Å². The van der Waals surface area contributed by atoms with Gasteiger partial charge >= 0.3 is 6.03 Å². The Labute approximate surface area is 150 Å². The fourth-order valence-corrected chi connectivity index (χ4v) is 3.55. The first-order valence-corrected chi connectivity index (χ1v) is 9.36. The molecule has 25 heavy (non-hydrogen) atoms. The van der Waals surface area contributed by atoms with Gasteiger partial charge in [-0.3, -0.25) is 0 Å². The zero-order chi connectivity index (χ0) is 17.5. The van der Waals surface area contributed by atoms with Gasteiger partial charge in [-0.1, -0.05) is 17.7 Å². The van der Waals surface area contributed by atoms with Gasteiger partial charge in [0, 0.05) is 44.5 Å². The number of carbonyl (C=O) groups excluding carboxylic acids is 1. The van der Waals surface area contributed by atoms with E-state index in [1.165, 1.54) is 31.3 Å². The van der Waals surface area contributed by atoms with Crippen molar-refractivity contribution in [2.45, 2.75) is 32.1 Å². The minimum Gasteiger partial charge on any atom is -0.497 e. The van der Waals surface area contributed by atoms with E-state index in [0.717, 1.165) is 50.6 Å². The highest BCUT2D eigenvalue weighted by Gasteiger charge is 2.21. The van der Waals surface area contributed by atoms with Gasteiger partial charge in [-0.05, 0) is 44.2 Å². The summed E-state index contributed by atoms with van der Waals surface area (Å²) in [4.78, 5) is 16.6. The number of rotatable bonds is 5. The molecule has 1 aromatic carbocycles. The number of nitrogens with one attached hydrogen (secondary N) is 1. The van der Waals surface area contributed by atoms with Crippen LogP contribution >= 0.6 is 0 Å². The minimum atomic E-state index is 0.0710. The molecule has 5 heteroatoms. The molecule has 5 nitrogen and oxygen atoms in total. The number of ether oxygens (including phenoxy) is 1. The van der Waals surface area contributed by atoms with Crippen LogP contribution in [-0.2, 0) is 0 Å². The molecule has 0 radical (unpaired) electrons. The lowest BCUT2D eigenvalue weighted by Crippen LogP contribution is -2.52. The molecule has 2 amide bonds. The Morgan fingerprint density at radius 3 is 2.76 bits per heavy atom. The Hall–Kier alpha value is -2.17. The van der Waals surface area contributed by atoms with Crippen LogP contribution in [0, 0.1) is 0 Å². The van der Waals surface area contributed by atoms with Gasteiger partial charge in [-0.15, -0.1) is 0 Å². The summed E-state index contributed by atoms with van der Waals surface area (Å²) in [7, 11) is 1.69. The summed E-state index contributed by atoms with van der Waals surface area (Å²) in [6, 6.07) is 8.17. The van der Waals surface area contributed by atoms with Crippen LogP contribution in [0.25, 0.3) is 0 Å². The fourth-order valence-electron chi connectivity index (χ4n) is 3.55. The first-order chi connectivity index (χ1) is 12.3. The number of anilines is 1. The molecule has 0 bridgehead atoms. The Balaban J connectivity index is 1.42. The quantitative estimate of drug-likeness (QED) is 0.833. The number of amides is 2.